The highest BCUT2D eigenvalue weighted by atomic mass is 128. The molecule has 0 unspecified atom stereocenters. The third-order valence-electron chi connectivity index (χ3n) is 2.18. The first kappa shape index (κ1) is 15.3. The van der Waals surface area contributed by atoms with Crippen molar-refractivity contribution in [1.82, 2.24) is 0 Å². The minimum atomic E-state index is 0.378. The average molecular weight is 430 g/mol. The summed E-state index contributed by atoms with van der Waals surface area (Å²) in [4.78, 5) is 11.0. The van der Waals surface area contributed by atoms with Crippen LogP contribution in [-0.4, -0.2) is 5.78 Å². The second-order valence-corrected chi connectivity index (χ2v) is 2.98. The van der Waals surface area contributed by atoms with Crippen LogP contribution in [0.4, 0.5) is 0 Å². The van der Waals surface area contributed by atoms with E-state index in [9.17, 15) is 4.79 Å². The fourth-order valence-electron chi connectivity index (χ4n) is 1.55. The van der Waals surface area contributed by atoms with Gasteiger partial charge in [-0.3, -0.25) is 4.79 Å². The van der Waals surface area contributed by atoms with Gasteiger partial charge in [-0.2, -0.15) is 0 Å². The fourth-order valence-corrected chi connectivity index (χ4v) is 1.55. The minimum absolute atomic E-state index is 0.378. The van der Waals surface area contributed by atoms with E-state index in [0.717, 1.165) is 12.8 Å². The Morgan fingerprint density at radius 2 is 1.53 bits per heavy atom. The van der Waals surface area contributed by atoms with Crippen LogP contribution in [0.1, 0.15) is 31.4 Å². The molecule has 1 aliphatic rings. The Bertz CT molecular complexity index is 297. The van der Waals surface area contributed by atoms with Gasteiger partial charge in [0, 0.05) is 50.1 Å². The van der Waals surface area contributed by atoms with Gasteiger partial charge in [0.2, 0.25) is 0 Å². The lowest BCUT2D eigenvalue weighted by Crippen LogP contribution is -2.12. The molecule has 0 bridgehead atoms. The molecule has 1 aliphatic carbocycles. The van der Waals surface area contributed by atoms with E-state index in [0.29, 0.717) is 12.2 Å². The molecule has 0 saturated heterocycles. The van der Waals surface area contributed by atoms with Crippen LogP contribution in [0.3, 0.4) is 0 Å². The molecule has 1 aromatic rings. The molecule has 0 aromatic heterocycles. The van der Waals surface area contributed by atoms with E-state index >= 15 is 0 Å². The fraction of sp³-hybridized carbons (Fsp3) is 0.417. The van der Waals surface area contributed by atoms with Crippen molar-refractivity contribution in [3.8, 4) is 0 Å². The Labute approximate surface area is 115 Å². The number of fused-ring (bicyclic) bond motifs is 1. The van der Waals surface area contributed by atoms with Crippen LogP contribution in [0, 0.1) is 0 Å². The molecule has 2 rings (SSSR count). The molecule has 0 aliphatic heterocycles. The zero-order chi connectivity index (χ0) is 11.7. The molecule has 0 saturated carbocycles. The molecule has 0 N–H and O–H groups in total. The molecule has 3 heteroatoms. The van der Waals surface area contributed by atoms with Crippen LogP contribution >= 0.6 is 37.2 Å². The number of halogens is 2. The summed E-state index contributed by atoms with van der Waals surface area (Å²) in [5, 5.41) is 0. The number of hydrogen-bond donors (Lipinski definition) is 0. The lowest BCUT2D eigenvalue weighted by Gasteiger charge is -2.13. The van der Waals surface area contributed by atoms with Gasteiger partial charge in [-0.15, -0.1) is 0 Å². The van der Waals surface area contributed by atoms with Crippen LogP contribution in [0.15, 0.2) is 24.3 Å². The third-order valence-corrected chi connectivity index (χ3v) is 2.18. The summed E-state index contributed by atoms with van der Waals surface area (Å²) in [5.74, 6) is 0.378. The Hall–Kier alpha value is 0.350. The molecule has 15 heavy (non-hydrogen) atoms. The van der Waals surface area contributed by atoms with Crippen LogP contribution in [-0.2, 0) is 17.6 Å². The van der Waals surface area contributed by atoms with Crippen molar-refractivity contribution in [1.29, 1.82) is 0 Å². The Kier molecular flexibility index (Phi) is 9.79. The standard InChI is InChI=1S/C10H10O.C2H6.I2/c11-10-6-5-8-3-1-2-4-9(8)7-10;2*1-2/h1-4H,5-7H2;1-2H3;. The number of carbonyl (C=O) groups is 1. The van der Waals surface area contributed by atoms with E-state index in [-0.39, 0.29) is 0 Å². The first-order valence-corrected chi connectivity index (χ1v) is 11.4. The van der Waals surface area contributed by atoms with E-state index in [1.165, 1.54) is 11.1 Å². The zero-order valence-corrected chi connectivity index (χ0v) is 13.4. The summed E-state index contributed by atoms with van der Waals surface area (Å²) < 4.78 is 0. The van der Waals surface area contributed by atoms with Gasteiger partial charge in [0.25, 0.3) is 0 Å². The summed E-state index contributed by atoms with van der Waals surface area (Å²) >= 11 is 4.24. The topological polar surface area (TPSA) is 17.1 Å². The SMILES string of the molecule is CC.II.O=C1CCc2ccccc2C1. The number of benzene rings is 1. The predicted octanol–water partition coefficient (Wildman–Crippen LogP) is 4.54. The second-order valence-electron chi connectivity index (χ2n) is 2.98. The van der Waals surface area contributed by atoms with Crippen molar-refractivity contribution in [3.63, 3.8) is 0 Å². The Morgan fingerprint density at radius 3 is 2.13 bits per heavy atom. The minimum Gasteiger partial charge on any atom is -0.299 e. The lowest BCUT2D eigenvalue weighted by molar-refractivity contribution is -0.118. The first-order valence-electron chi connectivity index (χ1n) is 5.09. The molecule has 0 atom stereocenters. The van der Waals surface area contributed by atoms with Gasteiger partial charge >= 0.3 is 0 Å². The molecule has 0 radical (unpaired) electrons. The van der Waals surface area contributed by atoms with Crippen molar-refractivity contribution < 1.29 is 4.79 Å². The summed E-state index contributed by atoms with van der Waals surface area (Å²) in [6.45, 7) is 4.00. The third kappa shape index (κ3) is 5.29. The quantitative estimate of drug-likeness (QED) is 0.553. The maximum absolute atomic E-state index is 11.0. The molecular formula is C12H16I2O. The van der Waals surface area contributed by atoms with E-state index < -0.39 is 0 Å². The van der Waals surface area contributed by atoms with Crippen LogP contribution in [0.5, 0.6) is 0 Å². The van der Waals surface area contributed by atoms with Crippen molar-refractivity contribution >= 4 is 43.0 Å². The van der Waals surface area contributed by atoms with Gasteiger partial charge in [-0.1, -0.05) is 38.1 Å². The van der Waals surface area contributed by atoms with E-state index in [2.05, 4.69) is 43.3 Å². The number of carbonyl (C=O) groups excluding carboxylic acids is 1. The monoisotopic (exact) mass is 430 g/mol. The van der Waals surface area contributed by atoms with Gasteiger partial charge < -0.3 is 0 Å². The number of aryl methyl sites for hydroxylation is 1. The molecular weight excluding hydrogens is 414 g/mol. The summed E-state index contributed by atoms with van der Waals surface area (Å²) in [6, 6.07) is 8.19. The molecule has 1 aromatic carbocycles. The van der Waals surface area contributed by atoms with Crippen LogP contribution < -0.4 is 0 Å². The van der Waals surface area contributed by atoms with E-state index in [4.69, 9.17) is 0 Å². The van der Waals surface area contributed by atoms with Crippen molar-refractivity contribution in [2.75, 3.05) is 0 Å². The van der Waals surface area contributed by atoms with Gasteiger partial charge in [0.05, 0.1) is 0 Å². The van der Waals surface area contributed by atoms with Gasteiger partial charge in [0.1, 0.15) is 5.78 Å². The summed E-state index contributed by atoms with van der Waals surface area (Å²) in [5.41, 5.74) is 2.58. The van der Waals surface area contributed by atoms with Gasteiger partial charge in [-0.25, -0.2) is 0 Å². The van der Waals surface area contributed by atoms with E-state index in [1.54, 1.807) is 0 Å². The van der Waals surface area contributed by atoms with E-state index in [1.807, 2.05) is 32.0 Å². The molecule has 1 nitrogen and oxygen atoms in total. The van der Waals surface area contributed by atoms with Crippen LogP contribution in [0.2, 0.25) is 0 Å². The highest BCUT2D eigenvalue weighted by Gasteiger charge is 2.13. The Balaban J connectivity index is 0.000000442. The molecule has 84 valence electrons. The normalized spacial score (nSPS) is 12.7. The lowest BCUT2D eigenvalue weighted by atomic mass is 9.91. The maximum atomic E-state index is 11.0. The molecule has 0 heterocycles. The van der Waals surface area contributed by atoms with Crippen LogP contribution in [0.25, 0.3) is 0 Å². The molecule has 0 fully saturated rings. The number of hydrogen-bond acceptors (Lipinski definition) is 1. The summed E-state index contributed by atoms with van der Waals surface area (Å²) in [7, 11) is 0. The van der Waals surface area contributed by atoms with Crippen molar-refractivity contribution in [3.05, 3.63) is 35.4 Å². The van der Waals surface area contributed by atoms with Crippen molar-refractivity contribution in [2.24, 2.45) is 0 Å². The number of rotatable bonds is 0. The smallest absolute Gasteiger partial charge is 0.137 e. The maximum Gasteiger partial charge on any atom is 0.137 e. The Morgan fingerprint density at radius 1 is 1.00 bits per heavy atom. The largest absolute Gasteiger partial charge is 0.299 e. The average Bonchev–Trinajstić information content (AvgIpc) is 2.34. The zero-order valence-electron chi connectivity index (χ0n) is 9.09. The highest BCUT2D eigenvalue weighted by molar-refractivity contribution is 15.0. The summed E-state index contributed by atoms with van der Waals surface area (Å²) in [6.07, 6.45) is 2.32. The van der Waals surface area contributed by atoms with Gasteiger partial charge in [0.15, 0.2) is 0 Å². The predicted molar refractivity (Wildman–Crippen MR) is 82.9 cm³/mol. The highest BCUT2D eigenvalue weighted by Crippen LogP contribution is 2.17. The number of ketones is 1. The van der Waals surface area contributed by atoms with Gasteiger partial charge in [-0.05, 0) is 17.5 Å². The molecule has 0 amide bonds. The molecule has 0 spiro atoms. The number of Topliss-reactive ketones (excluding diaryl/α,β-unsaturated/α-hetero) is 1. The second kappa shape index (κ2) is 9.57. The first-order chi connectivity index (χ1) is 7.36. The van der Waals surface area contributed by atoms with Crippen molar-refractivity contribution in [2.45, 2.75) is 33.1 Å².